The Morgan fingerprint density at radius 3 is 2.60 bits per heavy atom. The zero-order valence-electron chi connectivity index (χ0n) is 20.3. The van der Waals surface area contributed by atoms with Crippen molar-refractivity contribution in [1.29, 1.82) is 0 Å². The lowest BCUT2D eigenvalue weighted by atomic mass is 10.2. The monoisotopic (exact) mass is 534 g/mol. The van der Waals surface area contributed by atoms with Crippen LogP contribution in [-0.4, -0.2) is 68.3 Å². The van der Waals surface area contributed by atoms with Gasteiger partial charge in [0.05, 0.1) is 15.1 Å². The minimum atomic E-state index is -3.83. The van der Waals surface area contributed by atoms with Gasteiger partial charge in [0, 0.05) is 18.1 Å². The van der Waals surface area contributed by atoms with Crippen LogP contribution in [0.15, 0.2) is 47.4 Å². The van der Waals surface area contributed by atoms with E-state index in [4.69, 9.17) is 16.6 Å². The van der Waals surface area contributed by atoms with Crippen LogP contribution >= 0.6 is 22.9 Å². The van der Waals surface area contributed by atoms with E-state index in [1.807, 2.05) is 20.2 Å². The van der Waals surface area contributed by atoms with Crippen LogP contribution in [-0.2, 0) is 21.2 Å². The van der Waals surface area contributed by atoms with Gasteiger partial charge < -0.3 is 4.90 Å². The summed E-state index contributed by atoms with van der Waals surface area (Å²) in [7, 11) is 0.156. The normalized spacial score (nSPS) is 16.9. The summed E-state index contributed by atoms with van der Waals surface area (Å²) in [6.07, 6.45) is 2.80. The Hall–Kier alpha value is -2.04. The number of benzene rings is 2. The summed E-state index contributed by atoms with van der Waals surface area (Å²) in [4.78, 5) is 22.6. The lowest BCUT2D eigenvalue weighted by Crippen LogP contribution is -2.48. The number of thiazole rings is 1. The zero-order chi connectivity index (χ0) is 25.2. The molecular formula is C25H31ClN4O3S2. The van der Waals surface area contributed by atoms with Crippen molar-refractivity contribution in [2.24, 2.45) is 0 Å². The molecule has 1 atom stereocenters. The number of aryl methyl sites for hydroxylation is 1. The van der Waals surface area contributed by atoms with Gasteiger partial charge in [0.2, 0.25) is 15.9 Å². The fraction of sp³-hybridized carbons (Fsp3) is 0.440. The maximum atomic E-state index is 13.9. The smallest absolute Gasteiger partial charge is 0.247 e. The summed E-state index contributed by atoms with van der Waals surface area (Å²) in [5, 5.41) is 1.08. The molecule has 1 aromatic heterocycles. The number of nitrogens with zero attached hydrogens (tertiary/aromatic N) is 4. The van der Waals surface area contributed by atoms with Gasteiger partial charge in [-0.1, -0.05) is 35.9 Å². The van der Waals surface area contributed by atoms with Crippen LogP contribution in [0.4, 0.5) is 5.13 Å². The molecule has 1 unspecified atom stereocenters. The number of carbonyl (C=O) groups excluding carboxylic acids is 1. The molecule has 0 spiro atoms. The molecule has 2 aromatic carbocycles. The van der Waals surface area contributed by atoms with Crippen LogP contribution in [0.2, 0.25) is 5.02 Å². The molecule has 188 valence electrons. The summed E-state index contributed by atoms with van der Waals surface area (Å²) < 4.78 is 29.2. The van der Waals surface area contributed by atoms with E-state index in [1.54, 1.807) is 17.0 Å². The second-order valence-corrected chi connectivity index (χ2v) is 12.4. The average molecular weight is 535 g/mol. The fourth-order valence-electron chi connectivity index (χ4n) is 4.33. The van der Waals surface area contributed by atoms with Gasteiger partial charge in [-0.3, -0.25) is 9.69 Å². The molecule has 1 amide bonds. The first-order valence-corrected chi connectivity index (χ1v) is 14.5. The first-order chi connectivity index (χ1) is 16.7. The number of fused-ring (bicyclic) bond motifs is 1. The van der Waals surface area contributed by atoms with Crippen molar-refractivity contribution in [3.05, 3.63) is 53.1 Å². The number of halogens is 1. The number of rotatable bonds is 9. The van der Waals surface area contributed by atoms with E-state index >= 15 is 0 Å². The van der Waals surface area contributed by atoms with Crippen molar-refractivity contribution in [3.63, 3.8) is 0 Å². The average Bonchev–Trinajstić information content (AvgIpc) is 3.48. The highest BCUT2D eigenvalue weighted by atomic mass is 35.5. The molecule has 0 N–H and O–H groups in total. The molecule has 0 radical (unpaired) electrons. The number of sulfonamides is 1. The Bertz CT molecular complexity index is 1290. The third-order valence-corrected chi connectivity index (χ3v) is 9.46. The molecule has 0 bridgehead atoms. The number of amides is 1. The Balaban J connectivity index is 1.66. The minimum Gasteiger partial charge on any atom is -0.309 e. The molecule has 1 aliphatic rings. The standard InChI is InChI=1S/C25H31ClN4O3S2/c1-4-18-8-13-21-23(17-18)34-25(27-21)29(15-6-14-28(2)3)24(31)22-7-5-16-30(22)35(32,33)20-11-9-19(26)10-12-20/h8-13,17,22H,4-7,14-16H2,1-3H3. The highest BCUT2D eigenvalue weighted by Gasteiger charge is 2.42. The van der Waals surface area contributed by atoms with Crippen LogP contribution in [0.25, 0.3) is 10.2 Å². The van der Waals surface area contributed by atoms with Crippen molar-refractivity contribution >= 4 is 54.2 Å². The van der Waals surface area contributed by atoms with E-state index in [1.165, 1.54) is 33.3 Å². The SMILES string of the molecule is CCc1ccc2nc(N(CCCN(C)C)C(=O)C3CCCN3S(=O)(=O)c3ccc(Cl)cc3)sc2c1. The van der Waals surface area contributed by atoms with Crippen LogP contribution in [0.1, 0.15) is 31.7 Å². The van der Waals surface area contributed by atoms with E-state index in [0.717, 1.165) is 29.6 Å². The van der Waals surface area contributed by atoms with Gasteiger partial charge in [0.1, 0.15) is 6.04 Å². The molecule has 0 saturated carbocycles. The quantitative estimate of drug-likeness (QED) is 0.399. The van der Waals surface area contributed by atoms with Gasteiger partial charge in [-0.05, 0) is 88.3 Å². The minimum absolute atomic E-state index is 0.146. The Morgan fingerprint density at radius 2 is 1.91 bits per heavy atom. The molecular weight excluding hydrogens is 504 g/mol. The van der Waals surface area contributed by atoms with Gasteiger partial charge in [0.15, 0.2) is 5.13 Å². The lowest BCUT2D eigenvalue weighted by molar-refractivity contribution is -0.121. The van der Waals surface area contributed by atoms with E-state index in [9.17, 15) is 13.2 Å². The summed E-state index contributed by atoms with van der Waals surface area (Å²) >= 11 is 7.44. The van der Waals surface area contributed by atoms with Crippen molar-refractivity contribution in [3.8, 4) is 0 Å². The lowest BCUT2D eigenvalue weighted by Gasteiger charge is -2.29. The molecule has 2 heterocycles. The predicted molar refractivity (Wildman–Crippen MR) is 143 cm³/mol. The Labute approximate surface area is 216 Å². The second-order valence-electron chi connectivity index (χ2n) is 9.03. The molecule has 1 fully saturated rings. The van der Waals surface area contributed by atoms with Gasteiger partial charge in [0.25, 0.3) is 0 Å². The summed E-state index contributed by atoms with van der Waals surface area (Å²) in [6, 6.07) is 11.5. The zero-order valence-corrected chi connectivity index (χ0v) is 22.7. The number of aromatic nitrogens is 1. The largest absolute Gasteiger partial charge is 0.309 e. The molecule has 4 rings (SSSR count). The molecule has 3 aromatic rings. The fourth-order valence-corrected chi connectivity index (χ4v) is 7.17. The van der Waals surface area contributed by atoms with E-state index < -0.39 is 16.1 Å². The van der Waals surface area contributed by atoms with E-state index in [2.05, 4.69) is 24.0 Å². The van der Waals surface area contributed by atoms with Crippen molar-refractivity contribution in [2.45, 2.75) is 43.5 Å². The topological polar surface area (TPSA) is 73.8 Å². The van der Waals surface area contributed by atoms with Crippen molar-refractivity contribution in [2.75, 3.05) is 38.6 Å². The Kier molecular flexibility index (Phi) is 8.12. The molecule has 10 heteroatoms. The molecule has 1 saturated heterocycles. The molecule has 0 aliphatic carbocycles. The van der Waals surface area contributed by atoms with Gasteiger partial charge >= 0.3 is 0 Å². The van der Waals surface area contributed by atoms with Crippen LogP contribution in [0.3, 0.4) is 0 Å². The Morgan fingerprint density at radius 1 is 1.17 bits per heavy atom. The van der Waals surface area contributed by atoms with Gasteiger partial charge in [-0.2, -0.15) is 4.31 Å². The maximum absolute atomic E-state index is 13.9. The highest BCUT2D eigenvalue weighted by molar-refractivity contribution is 7.89. The van der Waals surface area contributed by atoms with E-state index in [-0.39, 0.29) is 10.8 Å². The summed E-state index contributed by atoms with van der Waals surface area (Å²) in [6.45, 7) is 3.71. The number of carbonyl (C=O) groups is 1. The van der Waals surface area contributed by atoms with Crippen molar-refractivity contribution < 1.29 is 13.2 Å². The number of hydrogen-bond donors (Lipinski definition) is 0. The predicted octanol–water partition coefficient (Wildman–Crippen LogP) is 4.65. The van der Waals surface area contributed by atoms with Crippen LogP contribution < -0.4 is 4.90 Å². The molecule has 35 heavy (non-hydrogen) atoms. The first kappa shape index (κ1) is 26.0. The first-order valence-electron chi connectivity index (χ1n) is 11.8. The number of anilines is 1. The van der Waals surface area contributed by atoms with Crippen LogP contribution in [0.5, 0.6) is 0 Å². The number of hydrogen-bond acceptors (Lipinski definition) is 6. The maximum Gasteiger partial charge on any atom is 0.247 e. The molecule has 7 nitrogen and oxygen atoms in total. The van der Waals surface area contributed by atoms with Gasteiger partial charge in [-0.25, -0.2) is 13.4 Å². The summed E-state index contributed by atoms with van der Waals surface area (Å²) in [5.41, 5.74) is 2.07. The third-order valence-electron chi connectivity index (χ3n) is 6.24. The molecule has 1 aliphatic heterocycles. The van der Waals surface area contributed by atoms with E-state index in [0.29, 0.717) is 36.1 Å². The van der Waals surface area contributed by atoms with Gasteiger partial charge in [-0.15, -0.1) is 0 Å². The summed E-state index contributed by atoms with van der Waals surface area (Å²) in [5.74, 6) is -0.214. The third kappa shape index (κ3) is 5.70. The highest BCUT2D eigenvalue weighted by Crippen LogP contribution is 2.33. The second kappa shape index (κ2) is 10.9. The van der Waals surface area contributed by atoms with Crippen molar-refractivity contribution in [1.82, 2.24) is 14.2 Å². The van der Waals surface area contributed by atoms with Crippen LogP contribution in [0, 0.1) is 0 Å².